The Morgan fingerprint density at radius 3 is 2.81 bits per heavy atom. The number of hydrogen-bond acceptors (Lipinski definition) is 5. The maximum Gasteiger partial charge on any atom is 0.341 e. The van der Waals surface area contributed by atoms with Crippen molar-refractivity contribution in [3.8, 4) is 11.3 Å². The van der Waals surface area contributed by atoms with E-state index in [2.05, 4.69) is 5.32 Å². The van der Waals surface area contributed by atoms with Crippen LogP contribution in [-0.4, -0.2) is 18.5 Å². The van der Waals surface area contributed by atoms with Gasteiger partial charge in [-0.25, -0.2) is 4.79 Å². The molecule has 0 spiro atoms. The van der Waals surface area contributed by atoms with Crippen LogP contribution in [0, 0.1) is 6.92 Å². The number of amides is 1. The van der Waals surface area contributed by atoms with Crippen LogP contribution in [0.2, 0.25) is 5.02 Å². The lowest BCUT2D eigenvalue weighted by Crippen LogP contribution is -2.14. The monoisotopic (exact) mass is 469 g/mol. The zero-order valence-corrected chi connectivity index (χ0v) is 19.6. The highest BCUT2D eigenvalue weighted by molar-refractivity contribution is 7.17. The van der Waals surface area contributed by atoms with Crippen molar-refractivity contribution in [1.82, 2.24) is 0 Å². The van der Waals surface area contributed by atoms with Gasteiger partial charge in [0.05, 0.1) is 12.2 Å². The van der Waals surface area contributed by atoms with E-state index in [4.69, 9.17) is 20.8 Å². The summed E-state index contributed by atoms with van der Waals surface area (Å²) in [6.07, 6.45) is 6.90. The van der Waals surface area contributed by atoms with Crippen LogP contribution in [0.1, 0.15) is 51.9 Å². The number of hydrogen-bond donors (Lipinski definition) is 1. The number of furan rings is 1. The standard InChI is InChI=1S/C25H24ClNO4S/c1-3-30-25(29)23-18-6-4-5-7-21(18)32-24(23)27-22(28)13-11-17-10-12-20(31-17)16-9-8-15(2)19(26)14-16/h8-14H,3-7H2,1-2H3,(H,27,28). The molecule has 0 radical (unpaired) electrons. The summed E-state index contributed by atoms with van der Waals surface area (Å²) in [4.78, 5) is 26.3. The molecule has 3 aromatic rings. The van der Waals surface area contributed by atoms with Gasteiger partial charge in [0, 0.05) is 21.5 Å². The van der Waals surface area contributed by atoms with Gasteiger partial charge >= 0.3 is 5.97 Å². The van der Waals surface area contributed by atoms with Gasteiger partial charge in [-0.2, -0.15) is 0 Å². The Morgan fingerprint density at radius 1 is 1.22 bits per heavy atom. The van der Waals surface area contributed by atoms with Gasteiger partial charge in [0.1, 0.15) is 16.5 Å². The summed E-state index contributed by atoms with van der Waals surface area (Å²) in [5.74, 6) is 0.509. The zero-order chi connectivity index (χ0) is 22.7. The molecule has 0 saturated heterocycles. The van der Waals surface area contributed by atoms with E-state index in [0.717, 1.165) is 47.3 Å². The predicted molar refractivity (Wildman–Crippen MR) is 128 cm³/mol. The number of ether oxygens (including phenoxy) is 1. The minimum atomic E-state index is -0.376. The maximum atomic E-state index is 12.6. The van der Waals surface area contributed by atoms with Crippen molar-refractivity contribution in [2.45, 2.75) is 39.5 Å². The third-order valence-corrected chi connectivity index (χ3v) is 6.98. The minimum absolute atomic E-state index is 0.295. The molecule has 0 atom stereocenters. The molecule has 7 heteroatoms. The van der Waals surface area contributed by atoms with Gasteiger partial charge in [-0.3, -0.25) is 4.79 Å². The van der Waals surface area contributed by atoms with Gasteiger partial charge in [0.15, 0.2) is 0 Å². The van der Waals surface area contributed by atoms with Crippen LogP contribution in [-0.2, 0) is 22.4 Å². The highest BCUT2D eigenvalue weighted by atomic mass is 35.5. The predicted octanol–water partition coefficient (Wildman–Crippen LogP) is 6.68. The van der Waals surface area contributed by atoms with E-state index in [1.165, 1.54) is 17.4 Å². The molecule has 1 aromatic carbocycles. The number of thiophene rings is 1. The fourth-order valence-electron chi connectivity index (χ4n) is 3.73. The molecule has 1 aliphatic rings. The summed E-state index contributed by atoms with van der Waals surface area (Å²) < 4.78 is 11.1. The van der Waals surface area contributed by atoms with Gasteiger partial charge in [-0.1, -0.05) is 23.7 Å². The lowest BCUT2D eigenvalue weighted by atomic mass is 9.95. The van der Waals surface area contributed by atoms with E-state index in [0.29, 0.717) is 33.7 Å². The molecule has 0 saturated carbocycles. The van der Waals surface area contributed by atoms with Crippen molar-refractivity contribution in [3.63, 3.8) is 0 Å². The Bertz CT molecular complexity index is 1190. The molecular formula is C25H24ClNO4S. The largest absolute Gasteiger partial charge is 0.462 e. The van der Waals surface area contributed by atoms with Crippen molar-refractivity contribution >= 4 is 45.9 Å². The number of aryl methyl sites for hydroxylation is 2. The summed E-state index contributed by atoms with van der Waals surface area (Å²) in [6, 6.07) is 9.36. The van der Waals surface area contributed by atoms with Gasteiger partial charge in [0.2, 0.25) is 5.91 Å². The summed E-state index contributed by atoms with van der Waals surface area (Å²) in [5, 5.41) is 4.09. The molecule has 1 N–H and O–H groups in total. The second-order valence-electron chi connectivity index (χ2n) is 7.62. The quantitative estimate of drug-likeness (QED) is 0.323. The molecule has 166 valence electrons. The summed E-state index contributed by atoms with van der Waals surface area (Å²) in [6.45, 7) is 4.02. The lowest BCUT2D eigenvalue weighted by molar-refractivity contribution is -0.111. The van der Waals surface area contributed by atoms with E-state index in [1.54, 1.807) is 19.1 Å². The van der Waals surface area contributed by atoms with Gasteiger partial charge < -0.3 is 14.5 Å². The van der Waals surface area contributed by atoms with Crippen molar-refractivity contribution in [1.29, 1.82) is 0 Å². The van der Waals surface area contributed by atoms with Crippen LogP contribution in [0.15, 0.2) is 40.8 Å². The molecule has 32 heavy (non-hydrogen) atoms. The van der Waals surface area contributed by atoms with Crippen LogP contribution >= 0.6 is 22.9 Å². The summed E-state index contributed by atoms with van der Waals surface area (Å²) in [5.41, 5.74) is 3.39. The number of carbonyl (C=O) groups is 2. The Labute approximate surface area is 196 Å². The maximum absolute atomic E-state index is 12.6. The summed E-state index contributed by atoms with van der Waals surface area (Å²) in [7, 11) is 0. The first kappa shape index (κ1) is 22.4. The van der Waals surface area contributed by atoms with Crippen molar-refractivity contribution < 1.29 is 18.7 Å². The van der Waals surface area contributed by atoms with Crippen LogP contribution in [0.3, 0.4) is 0 Å². The second kappa shape index (κ2) is 9.76. The van der Waals surface area contributed by atoms with Crippen LogP contribution in [0.4, 0.5) is 5.00 Å². The van der Waals surface area contributed by atoms with E-state index in [1.807, 2.05) is 31.2 Å². The molecule has 0 aliphatic heterocycles. The molecule has 2 heterocycles. The first-order chi connectivity index (χ1) is 15.5. The SMILES string of the molecule is CCOC(=O)c1c(NC(=O)C=Cc2ccc(-c3ccc(C)c(Cl)c3)o2)sc2c1CCCC2. The average molecular weight is 470 g/mol. The Balaban J connectivity index is 1.49. The normalized spacial score (nSPS) is 13.2. The van der Waals surface area contributed by atoms with Crippen LogP contribution in [0.5, 0.6) is 0 Å². The molecule has 1 aliphatic carbocycles. The van der Waals surface area contributed by atoms with E-state index in [9.17, 15) is 9.59 Å². The van der Waals surface area contributed by atoms with Crippen LogP contribution in [0.25, 0.3) is 17.4 Å². The van der Waals surface area contributed by atoms with Gasteiger partial charge in [0.25, 0.3) is 0 Å². The van der Waals surface area contributed by atoms with Crippen molar-refractivity contribution in [2.24, 2.45) is 0 Å². The van der Waals surface area contributed by atoms with Gasteiger partial charge in [-0.05, 0) is 74.9 Å². The topological polar surface area (TPSA) is 68.5 Å². The molecule has 5 nitrogen and oxygen atoms in total. The molecule has 0 fully saturated rings. The first-order valence-electron chi connectivity index (χ1n) is 10.6. The number of esters is 1. The number of carbonyl (C=O) groups excluding carboxylic acids is 2. The second-order valence-corrected chi connectivity index (χ2v) is 9.14. The van der Waals surface area contributed by atoms with Crippen molar-refractivity contribution in [2.75, 3.05) is 11.9 Å². The van der Waals surface area contributed by atoms with Gasteiger partial charge in [-0.15, -0.1) is 11.3 Å². The molecule has 1 amide bonds. The Kier molecular flexibility index (Phi) is 6.82. The molecule has 0 unspecified atom stereocenters. The Morgan fingerprint density at radius 2 is 2.03 bits per heavy atom. The van der Waals surface area contributed by atoms with E-state index >= 15 is 0 Å². The average Bonchev–Trinajstić information content (AvgIpc) is 3.39. The van der Waals surface area contributed by atoms with E-state index < -0.39 is 0 Å². The summed E-state index contributed by atoms with van der Waals surface area (Å²) >= 11 is 7.67. The Hall–Kier alpha value is -2.83. The number of fused-ring (bicyclic) bond motifs is 1. The zero-order valence-electron chi connectivity index (χ0n) is 18.0. The van der Waals surface area contributed by atoms with Crippen molar-refractivity contribution in [3.05, 3.63) is 68.8 Å². The minimum Gasteiger partial charge on any atom is -0.462 e. The van der Waals surface area contributed by atoms with E-state index in [-0.39, 0.29) is 11.9 Å². The fraction of sp³-hybridized carbons (Fsp3) is 0.280. The molecular weight excluding hydrogens is 446 g/mol. The highest BCUT2D eigenvalue weighted by Gasteiger charge is 2.26. The third kappa shape index (κ3) is 4.81. The number of nitrogens with one attached hydrogen (secondary N) is 1. The molecule has 0 bridgehead atoms. The highest BCUT2D eigenvalue weighted by Crippen LogP contribution is 2.38. The number of rotatable bonds is 6. The smallest absolute Gasteiger partial charge is 0.341 e. The molecule has 4 rings (SSSR count). The number of halogens is 1. The first-order valence-corrected chi connectivity index (χ1v) is 11.8. The van der Waals surface area contributed by atoms with Crippen LogP contribution < -0.4 is 5.32 Å². The third-order valence-electron chi connectivity index (χ3n) is 5.37. The molecule has 2 aromatic heterocycles. The lowest BCUT2D eigenvalue weighted by Gasteiger charge is -2.12. The fourth-order valence-corrected chi connectivity index (χ4v) is 5.19. The number of benzene rings is 1. The number of anilines is 1.